The van der Waals surface area contributed by atoms with Crippen molar-refractivity contribution >= 4 is 27.7 Å². The Labute approximate surface area is 168 Å². The molecule has 1 aliphatic heterocycles. The Balaban J connectivity index is 2.03. The molecule has 1 aliphatic rings. The van der Waals surface area contributed by atoms with Crippen LogP contribution in [0.15, 0.2) is 65.1 Å². The molecule has 1 heterocycles. The van der Waals surface area contributed by atoms with Gasteiger partial charge in [0.15, 0.2) is 0 Å². The van der Waals surface area contributed by atoms with Gasteiger partial charge in [0.25, 0.3) is 0 Å². The van der Waals surface area contributed by atoms with E-state index in [2.05, 4.69) is 15.9 Å². The second kappa shape index (κ2) is 7.87. The van der Waals surface area contributed by atoms with Crippen LogP contribution >= 0.6 is 15.9 Å². The molecule has 27 heavy (non-hydrogen) atoms. The van der Waals surface area contributed by atoms with Crippen LogP contribution in [0.1, 0.15) is 44.2 Å². The van der Waals surface area contributed by atoms with E-state index in [1.54, 1.807) is 0 Å². The van der Waals surface area contributed by atoms with Gasteiger partial charge in [-0.05, 0) is 44.0 Å². The molecule has 2 atom stereocenters. The first-order chi connectivity index (χ1) is 12.7. The SMILES string of the molecule is CC(C)(C)OC(=O)N1C(c2ccc(Br)cc2)=C[C@H](c2ccccc2)C[C@H]1O. The van der Waals surface area contributed by atoms with Gasteiger partial charge in [-0.3, -0.25) is 4.90 Å². The van der Waals surface area contributed by atoms with Crippen LogP contribution < -0.4 is 0 Å². The van der Waals surface area contributed by atoms with Crippen molar-refractivity contribution in [3.63, 3.8) is 0 Å². The normalized spacial score (nSPS) is 20.2. The van der Waals surface area contributed by atoms with E-state index in [0.717, 1.165) is 15.6 Å². The number of aliphatic hydroxyl groups is 1. The van der Waals surface area contributed by atoms with Crippen molar-refractivity contribution in [3.05, 3.63) is 76.3 Å². The molecule has 0 radical (unpaired) electrons. The van der Waals surface area contributed by atoms with Crippen molar-refractivity contribution in [2.45, 2.75) is 44.9 Å². The fraction of sp³-hybridized carbons (Fsp3) is 0.318. The van der Waals surface area contributed by atoms with Crippen molar-refractivity contribution in [3.8, 4) is 0 Å². The fourth-order valence-electron chi connectivity index (χ4n) is 3.15. The summed E-state index contributed by atoms with van der Waals surface area (Å²) in [5, 5.41) is 10.8. The Kier molecular flexibility index (Phi) is 5.72. The number of halogens is 1. The molecule has 0 spiro atoms. The first-order valence-electron chi connectivity index (χ1n) is 8.97. The van der Waals surface area contributed by atoms with E-state index in [-0.39, 0.29) is 5.92 Å². The molecule has 2 aromatic carbocycles. The lowest BCUT2D eigenvalue weighted by Crippen LogP contribution is -2.44. The lowest BCUT2D eigenvalue weighted by Gasteiger charge is -2.37. The fourth-order valence-corrected chi connectivity index (χ4v) is 3.42. The van der Waals surface area contributed by atoms with Crippen molar-refractivity contribution < 1.29 is 14.6 Å². The van der Waals surface area contributed by atoms with E-state index in [9.17, 15) is 9.90 Å². The number of benzene rings is 2. The quantitative estimate of drug-likeness (QED) is 0.682. The van der Waals surface area contributed by atoms with E-state index in [4.69, 9.17) is 4.74 Å². The zero-order valence-electron chi connectivity index (χ0n) is 15.7. The minimum atomic E-state index is -0.964. The molecule has 0 aromatic heterocycles. The van der Waals surface area contributed by atoms with Crippen LogP contribution in [-0.4, -0.2) is 27.9 Å². The van der Waals surface area contributed by atoms with Gasteiger partial charge in [0.1, 0.15) is 11.8 Å². The molecule has 0 bridgehead atoms. The lowest BCUT2D eigenvalue weighted by molar-refractivity contribution is -0.0134. The number of hydrogen-bond donors (Lipinski definition) is 1. The van der Waals surface area contributed by atoms with Gasteiger partial charge in [-0.25, -0.2) is 4.79 Å². The largest absolute Gasteiger partial charge is 0.443 e. The van der Waals surface area contributed by atoms with E-state index < -0.39 is 17.9 Å². The minimum absolute atomic E-state index is 0.0125. The van der Waals surface area contributed by atoms with Gasteiger partial charge < -0.3 is 9.84 Å². The molecule has 0 fully saturated rings. The summed E-state index contributed by atoms with van der Waals surface area (Å²) in [7, 11) is 0. The minimum Gasteiger partial charge on any atom is -0.443 e. The zero-order chi connectivity index (χ0) is 19.6. The Morgan fingerprint density at radius 2 is 1.74 bits per heavy atom. The number of amides is 1. The van der Waals surface area contributed by atoms with Gasteiger partial charge in [-0.2, -0.15) is 0 Å². The number of aliphatic hydroxyl groups excluding tert-OH is 1. The molecule has 0 saturated carbocycles. The molecule has 4 nitrogen and oxygen atoms in total. The molecule has 142 valence electrons. The molecular weight excluding hydrogens is 406 g/mol. The van der Waals surface area contributed by atoms with E-state index in [1.165, 1.54) is 4.90 Å². The standard InChI is InChI=1S/C22H24BrNO3/c1-22(2,3)27-21(26)24-19(16-9-11-18(23)12-10-16)13-17(14-20(24)25)15-7-5-4-6-8-15/h4-13,17,20,25H,14H2,1-3H3/t17-,20+/m0/s1. The second-order valence-corrected chi connectivity index (χ2v) is 8.56. The molecule has 3 rings (SSSR count). The van der Waals surface area contributed by atoms with E-state index >= 15 is 0 Å². The highest BCUT2D eigenvalue weighted by Crippen LogP contribution is 2.37. The summed E-state index contributed by atoms with van der Waals surface area (Å²) in [5.41, 5.74) is 1.97. The third-order valence-electron chi connectivity index (χ3n) is 4.34. The van der Waals surface area contributed by atoms with Crippen molar-refractivity contribution in [1.82, 2.24) is 4.90 Å². The Morgan fingerprint density at radius 1 is 1.11 bits per heavy atom. The number of allylic oxidation sites excluding steroid dienone is 1. The third-order valence-corrected chi connectivity index (χ3v) is 4.87. The molecule has 5 heteroatoms. The smallest absolute Gasteiger partial charge is 0.416 e. The maximum atomic E-state index is 12.8. The Bertz CT molecular complexity index is 825. The summed E-state index contributed by atoms with van der Waals surface area (Å²) < 4.78 is 6.49. The van der Waals surface area contributed by atoms with E-state index in [0.29, 0.717) is 12.1 Å². The summed E-state index contributed by atoms with van der Waals surface area (Å²) in [6.07, 6.45) is 0.947. The van der Waals surface area contributed by atoms with Crippen LogP contribution in [-0.2, 0) is 4.74 Å². The first-order valence-corrected chi connectivity index (χ1v) is 9.77. The number of hydrogen-bond acceptors (Lipinski definition) is 3. The number of rotatable bonds is 2. The van der Waals surface area contributed by atoms with Gasteiger partial charge in [0.05, 0.1) is 5.70 Å². The van der Waals surface area contributed by atoms with Crippen molar-refractivity contribution in [2.24, 2.45) is 0 Å². The monoisotopic (exact) mass is 429 g/mol. The summed E-state index contributed by atoms with van der Waals surface area (Å²) in [5.74, 6) is 0.0125. The molecular formula is C22H24BrNO3. The van der Waals surface area contributed by atoms with Gasteiger partial charge in [0, 0.05) is 16.8 Å². The second-order valence-electron chi connectivity index (χ2n) is 7.64. The summed E-state index contributed by atoms with van der Waals surface area (Å²) in [6.45, 7) is 5.45. The molecule has 0 aliphatic carbocycles. The number of nitrogens with zero attached hydrogens (tertiary/aromatic N) is 1. The number of ether oxygens (including phenoxy) is 1. The highest BCUT2D eigenvalue weighted by atomic mass is 79.9. The predicted molar refractivity (Wildman–Crippen MR) is 110 cm³/mol. The number of carbonyl (C=O) groups is 1. The summed E-state index contributed by atoms with van der Waals surface area (Å²) in [4.78, 5) is 14.2. The first kappa shape index (κ1) is 19.6. The van der Waals surface area contributed by atoms with Crippen molar-refractivity contribution in [1.29, 1.82) is 0 Å². The van der Waals surface area contributed by atoms with Crippen LogP contribution in [0, 0.1) is 0 Å². The van der Waals surface area contributed by atoms with Gasteiger partial charge >= 0.3 is 6.09 Å². The topological polar surface area (TPSA) is 49.8 Å². The molecule has 2 aromatic rings. The predicted octanol–water partition coefficient (Wildman–Crippen LogP) is 5.53. The van der Waals surface area contributed by atoms with Crippen LogP contribution in [0.4, 0.5) is 4.79 Å². The van der Waals surface area contributed by atoms with Gasteiger partial charge in [-0.1, -0.05) is 64.5 Å². The maximum absolute atomic E-state index is 12.8. The Morgan fingerprint density at radius 3 is 2.33 bits per heavy atom. The van der Waals surface area contributed by atoms with Crippen molar-refractivity contribution in [2.75, 3.05) is 0 Å². The van der Waals surface area contributed by atoms with Gasteiger partial charge in [0.2, 0.25) is 0 Å². The molecule has 1 amide bonds. The summed E-state index contributed by atoms with van der Waals surface area (Å²) >= 11 is 3.44. The van der Waals surface area contributed by atoms with Gasteiger partial charge in [-0.15, -0.1) is 0 Å². The average molecular weight is 430 g/mol. The van der Waals surface area contributed by atoms with Crippen LogP contribution in [0.25, 0.3) is 5.70 Å². The molecule has 0 unspecified atom stereocenters. The van der Waals surface area contributed by atoms with Crippen LogP contribution in [0.3, 0.4) is 0 Å². The maximum Gasteiger partial charge on any atom is 0.416 e. The summed E-state index contributed by atoms with van der Waals surface area (Å²) in [6, 6.07) is 17.7. The average Bonchev–Trinajstić information content (AvgIpc) is 2.61. The highest BCUT2D eigenvalue weighted by molar-refractivity contribution is 9.10. The zero-order valence-corrected chi connectivity index (χ0v) is 17.3. The molecule has 0 saturated heterocycles. The third kappa shape index (κ3) is 4.79. The lowest BCUT2D eigenvalue weighted by atomic mass is 9.89. The van der Waals surface area contributed by atoms with Crippen LogP contribution in [0.5, 0.6) is 0 Å². The number of carbonyl (C=O) groups excluding carboxylic acids is 1. The van der Waals surface area contributed by atoms with Crippen LogP contribution in [0.2, 0.25) is 0 Å². The van der Waals surface area contributed by atoms with E-state index in [1.807, 2.05) is 81.4 Å². The molecule has 1 N–H and O–H groups in total. The Hall–Kier alpha value is -2.11. The highest BCUT2D eigenvalue weighted by Gasteiger charge is 2.36.